The van der Waals surface area contributed by atoms with E-state index in [4.69, 9.17) is 16.3 Å². The summed E-state index contributed by atoms with van der Waals surface area (Å²) in [5.74, 6) is -0.562. The maximum atomic E-state index is 14.8. The Hall–Kier alpha value is -2.41. The van der Waals surface area contributed by atoms with Crippen molar-refractivity contribution in [1.29, 1.82) is 0 Å². The molecule has 2 N–H and O–H groups in total. The van der Waals surface area contributed by atoms with Crippen molar-refractivity contribution in [2.24, 2.45) is 0 Å². The lowest BCUT2D eigenvalue weighted by Gasteiger charge is -2.38. The highest BCUT2D eigenvalue weighted by molar-refractivity contribution is 6.31. The highest BCUT2D eigenvalue weighted by atomic mass is 35.5. The fraction of sp³-hybridized carbons (Fsp3) is 0.348. The van der Waals surface area contributed by atoms with E-state index in [9.17, 15) is 9.18 Å². The summed E-state index contributed by atoms with van der Waals surface area (Å²) in [4.78, 5) is 18.5. The standard InChI is InChI=1S/C23H25ClFN3O2/c1-14-13-28(10-11-30-14)20(22-17(24)7-5-8-18(22)25)12-26-23(29)21-15(2)27-19-9-4-3-6-16(19)21/h3-9,14,20,27H,10-13H2,1-2H3,(H,26,29). The van der Waals surface area contributed by atoms with Crippen LogP contribution in [0.25, 0.3) is 10.9 Å². The molecule has 0 spiro atoms. The molecule has 1 aliphatic rings. The Bertz CT molecular complexity index is 1050. The monoisotopic (exact) mass is 429 g/mol. The van der Waals surface area contributed by atoms with E-state index < -0.39 is 0 Å². The highest BCUT2D eigenvalue weighted by Crippen LogP contribution is 2.31. The van der Waals surface area contributed by atoms with E-state index in [1.165, 1.54) is 6.07 Å². The van der Waals surface area contributed by atoms with Crippen molar-refractivity contribution in [2.75, 3.05) is 26.2 Å². The molecule has 0 saturated carbocycles. The Kier molecular flexibility index (Phi) is 6.09. The molecule has 2 heterocycles. The zero-order valence-electron chi connectivity index (χ0n) is 17.0. The predicted octanol–water partition coefficient (Wildman–Crippen LogP) is 4.46. The molecule has 2 atom stereocenters. The number of rotatable bonds is 5. The number of aryl methyl sites for hydroxylation is 1. The average Bonchev–Trinajstić information content (AvgIpc) is 3.05. The van der Waals surface area contributed by atoms with Gasteiger partial charge in [-0.25, -0.2) is 4.39 Å². The van der Waals surface area contributed by atoms with E-state index in [0.717, 1.165) is 16.6 Å². The van der Waals surface area contributed by atoms with Gasteiger partial charge in [-0.3, -0.25) is 9.69 Å². The lowest BCUT2D eigenvalue weighted by Crippen LogP contribution is -2.47. The maximum absolute atomic E-state index is 14.8. The summed E-state index contributed by atoms with van der Waals surface area (Å²) >= 11 is 6.38. The van der Waals surface area contributed by atoms with Crippen LogP contribution in [0.4, 0.5) is 4.39 Å². The minimum absolute atomic E-state index is 0.0263. The molecular formula is C23H25ClFN3O2. The summed E-state index contributed by atoms with van der Waals surface area (Å²) < 4.78 is 20.4. The van der Waals surface area contributed by atoms with Crippen molar-refractivity contribution < 1.29 is 13.9 Å². The molecule has 2 aromatic carbocycles. The number of H-pyrrole nitrogens is 1. The van der Waals surface area contributed by atoms with Gasteiger partial charge in [-0.1, -0.05) is 35.9 Å². The first-order valence-corrected chi connectivity index (χ1v) is 10.5. The predicted molar refractivity (Wildman–Crippen MR) is 117 cm³/mol. The first-order valence-electron chi connectivity index (χ1n) is 10.1. The third kappa shape index (κ3) is 4.08. The number of morpholine rings is 1. The molecule has 1 fully saturated rings. The number of fused-ring (bicyclic) bond motifs is 1. The van der Waals surface area contributed by atoms with Crippen molar-refractivity contribution in [3.8, 4) is 0 Å². The van der Waals surface area contributed by atoms with Crippen molar-refractivity contribution in [1.82, 2.24) is 15.2 Å². The summed E-state index contributed by atoms with van der Waals surface area (Å²) in [5.41, 5.74) is 2.73. The van der Waals surface area contributed by atoms with Crippen LogP contribution in [0, 0.1) is 12.7 Å². The molecule has 1 aliphatic heterocycles. The van der Waals surface area contributed by atoms with Gasteiger partial charge in [0.25, 0.3) is 5.91 Å². The van der Waals surface area contributed by atoms with E-state index in [1.54, 1.807) is 12.1 Å². The van der Waals surface area contributed by atoms with Crippen LogP contribution >= 0.6 is 11.6 Å². The van der Waals surface area contributed by atoms with Crippen LogP contribution in [0.2, 0.25) is 5.02 Å². The van der Waals surface area contributed by atoms with Gasteiger partial charge in [-0.2, -0.15) is 0 Å². The molecular weight excluding hydrogens is 405 g/mol. The van der Waals surface area contributed by atoms with E-state index in [1.807, 2.05) is 38.1 Å². The number of nitrogens with one attached hydrogen (secondary N) is 2. The summed E-state index contributed by atoms with van der Waals surface area (Å²) in [6.07, 6.45) is 0.0263. The van der Waals surface area contributed by atoms with Crippen LogP contribution in [0.5, 0.6) is 0 Å². The van der Waals surface area contributed by atoms with E-state index in [-0.39, 0.29) is 30.4 Å². The number of hydrogen-bond acceptors (Lipinski definition) is 3. The molecule has 1 saturated heterocycles. The van der Waals surface area contributed by atoms with Gasteiger partial charge in [0.2, 0.25) is 0 Å². The van der Waals surface area contributed by atoms with Gasteiger partial charge < -0.3 is 15.0 Å². The molecule has 2 unspecified atom stereocenters. The van der Waals surface area contributed by atoms with Crippen molar-refractivity contribution in [3.63, 3.8) is 0 Å². The number of para-hydroxylation sites is 1. The first-order chi connectivity index (χ1) is 14.5. The minimum Gasteiger partial charge on any atom is -0.376 e. The Labute approximate surface area is 180 Å². The van der Waals surface area contributed by atoms with Gasteiger partial charge in [0.15, 0.2) is 0 Å². The number of nitrogens with zero attached hydrogens (tertiary/aromatic N) is 1. The third-order valence-corrected chi connectivity index (χ3v) is 5.95. The topological polar surface area (TPSA) is 57.4 Å². The molecule has 0 radical (unpaired) electrons. The normalized spacial score (nSPS) is 18.5. The Morgan fingerprint density at radius 1 is 1.33 bits per heavy atom. The number of aromatic nitrogens is 1. The van der Waals surface area contributed by atoms with Gasteiger partial charge in [0.1, 0.15) is 5.82 Å². The van der Waals surface area contributed by atoms with Crippen LogP contribution < -0.4 is 5.32 Å². The average molecular weight is 430 g/mol. The van der Waals surface area contributed by atoms with E-state index in [0.29, 0.717) is 35.8 Å². The third-order valence-electron chi connectivity index (χ3n) is 5.62. The summed E-state index contributed by atoms with van der Waals surface area (Å²) in [6, 6.07) is 12.0. The fourth-order valence-corrected chi connectivity index (χ4v) is 4.51. The molecule has 4 rings (SSSR count). The lowest BCUT2D eigenvalue weighted by atomic mass is 10.0. The Morgan fingerprint density at radius 3 is 2.90 bits per heavy atom. The highest BCUT2D eigenvalue weighted by Gasteiger charge is 2.30. The Balaban J connectivity index is 1.62. The van der Waals surface area contributed by atoms with E-state index >= 15 is 0 Å². The summed E-state index contributed by atoms with van der Waals surface area (Å²) in [6.45, 7) is 5.94. The number of ether oxygens (including phenoxy) is 1. The van der Waals surface area contributed by atoms with Gasteiger partial charge >= 0.3 is 0 Å². The van der Waals surface area contributed by atoms with E-state index in [2.05, 4.69) is 15.2 Å². The van der Waals surface area contributed by atoms with Crippen LogP contribution in [0.3, 0.4) is 0 Å². The molecule has 30 heavy (non-hydrogen) atoms. The molecule has 0 aliphatic carbocycles. The summed E-state index contributed by atoms with van der Waals surface area (Å²) in [5, 5.41) is 4.24. The zero-order chi connectivity index (χ0) is 21.3. The molecule has 5 nitrogen and oxygen atoms in total. The van der Waals surface area contributed by atoms with Crippen LogP contribution in [0.1, 0.15) is 34.6 Å². The minimum atomic E-state index is -0.389. The van der Waals surface area contributed by atoms with Gasteiger partial charge in [-0.05, 0) is 32.0 Å². The van der Waals surface area contributed by atoms with Crippen LogP contribution in [0.15, 0.2) is 42.5 Å². The van der Waals surface area contributed by atoms with Crippen molar-refractivity contribution >= 4 is 28.4 Å². The molecule has 158 valence electrons. The van der Waals surface area contributed by atoms with Gasteiger partial charge in [0, 0.05) is 46.8 Å². The van der Waals surface area contributed by atoms with Crippen molar-refractivity contribution in [2.45, 2.75) is 26.0 Å². The molecule has 1 aromatic heterocycles. The SMILES string of the molecule is Cc1[nH]c2ccccc2c1C(=O)NCC(c1c(F)cccc1Cl)N1CCOC(C)C1. The maximum Gasteiger partial charge on any atom is 0.253 e. The molecule has 7 heteroatoms. The molecule has 3 aromatic rings. The quantitative estimate of drug-likeness (QED) is 0.629. The zero-order valence-corrected chi connectivity index (χ0v) is 17.8. The second-order valence-electron chi connectivity index (χ2n) is 7.71. The molecule has 0 bridgehead atoms. The number of amides is 1. The Morgan fingerprint density at radius 2 is 2.13 bits per heavy atom. The largest absolute Gasteiger partial charge is 0.376 e. The lowest BCUT2D eigenvalue weighted by molar-refractivity contribution is -0.0346. The number of halogens is 2. The fourth-order valence-electron chi connectivity index (χ4n) is 4.22. The number of aromatic amines is 1. The second-order valence-corrected chi connectivity index (χ2v) is 8.12. The second kappa shape index (κ2) is 8.76. The van der Waals surface area contributed by atoms with Crippen molar-refractivity contribution in [3.05, 3.63) is 70.1 Å². The number of hydrogen-bond donors (Lipinski definition) is 2. The van der Waals surface area contributed by atoms with Gasteiger partial charge in [-0.15, -0.1) is 0 Å². The number of carbonyl (C=O) groups is 1. The summed E-state index contributed by atoms with van der Waals surface area (Å²) in [7, 11) is 0. The first kappa shape index (κ1) is 20.8. The van der Waals surface area contributed by atoms with Crippen LogP contribution in [-0.4, -0.2) is 48.1 Å². The smallest absolute Gasteiger partial charge is 0.253 e. The number of benzene rings is 2. The van der Waals surface area contributed by atoms with Crippen LogP contribution in [-0.2, 0) is 4.74 Å². The molecule has 1 amide bonds. The number of carbonyl (C=O) groups excluding carboxylic acids is 1. The van der Waals surface area contributed by atoms with Gasteiger partial charge in [0.05, 0.1) is 24.3 Å².